The molecule has 1 aliphatic rings. The Kier molecular flexibility index (Phi) is 2.31. The summed E-state index contributed by atoms with van der Waals surface area (Å²) < 4.78 is 13.9. The van der Waals surface area contributed by atoms with E-state index in [0.717, 1.165) is 30.5 Å². The van der Waals surface area contributed by atoms with Crippen molar-refractivity contribution in [2.75, 3.05) is 6.54 Å². The van der Waals surface area contributed by atoms with E-state index in [1.807, 2.05) is 25.1 Å². The van der Waals surface area contributed by atoms with Crippen LogP contribution in [-0.4, -0.2) is 6.54 Å². The fraction of sp³-hybridized carbons (Fsp3) is 0.500. The molecule has 0 aliphatic carbocycles. The van der Waals surface area contributed by atoms with Gasteiger partial charge in [0.1, 0.15) is 5.82 Å². The minimum absolute atomic E-state index is 0.0515. The van der Waals surface area contributed by atoms with E-state index in [4.69, 9.17) is 0 Å². The van der Waals surface area contributed by atoms with Crippen molar-refractivity contribution in [1.29, 1.82) is 0 Å². The quantitative estimate of drug-likeness (QED) is 0.723. The Morgan fingerprint density at radius 1 is 1.43 bits per heavy atom. The average molecular weight is 193 g/mol. The molecular formula is C12H16FN. The second-order valence-corrected chi connectivity index (χ2v) is 4.30. The zero-order valence-electron chi connectivity index (χ0n) is 8.73. The Morgan fingerprint density at radius 2 is 2.21 bits per heavy atom. The Bertz CT molecular complexity index is 340. The lowest BCUT2D eigenvalue weighted by Crippen LogP contribution is -2.34. The Hall–Kier alpha value is -0.890. The van der Waals surface area contributed by atoms with Crippen molar-refractivity contribution in [3.63, 3.8) is 0 Å². The molecule has 0 radical (unpaired) electrons. The van der Waals surface area contributed by atoms with Gasteiger partial charge in [-0.2, -0.15) is 0 Å². The van der Waals surface area contributed by atoms with E-state index in [-0.39, 0.29) is 11.4 Å². The highest BCUT2D eigenvalue weighted by molar-refractivity contribution is 5.31. The van der Waals surface area contributed by atoms with Gasteiger partial charge in [-0.3, -0.25) is 0 Å². The monoisotopic (exact) mass is 193 g/mol. The lowest BCUT2D eigenvalue weighted by atomic mass is 9.89. The number of halogens is 1. The smallest absolute Gasteiger partial charge is 0.131 e. The van der Waals surface area contributed by atoms with Crippen LogP contribution < -0.4 is 5.32 Å². The molecule has 0 amide bonds. The van der Waals surface area contributed by atoms with Crippen molar-refractivity contribution in [1.82, 2.24) is 5.32 Å². The van der Waals surface area contributed by atoms with Gasteiger partial charge in [-0.15, -0.1) is 0 Å². The highest BCUT2D eigenvalue weighted by Gasteiger charge is 2.32. The maximum Gasteiger partial charge on any atom is 0.131 e. The van der Waals surface area contributed by atoms with Crippen LogP contribution >= 0.6 is 0 Å². The third kappa shape index (κ3) is 1.44. The third-order valence-electron chi connectivity index (χ3n) is 3.15. The molecule has 0 saturated carbocycles. The van der Waals surface area contributed by atoms with Gasteiger partial charge in [0.15, 0.2) is 0 Å². The zero-order chi connectivity index (χ0) is 10.2. The summed E-state index contributed by atoms with van der Waals surface area (Å²) in [6.45, 7) is 4.89. The van der Waals surface area contributed by atoms with Crippen LogP contribution in [0.4, 0.5) is 4.39 Å². The molecule has 0 aromatic heterocycles. The van der Waals surface area contributed by atoms with Crippen molar-refractivity contribution in [2.24, 2.45) is 0 Å². The largest absolute Gasteiger partial charge is 0.308 e. The summed E-state index contributed by atoms with van der Waals surface area (Å²) in [5.74, 6) is -0.0515. The van der Waals surface area contributed by atoms with Crippen molar-refractivity contribution < 1.29 is 4.39 Å². The second kappa shape index (κ2) is 3.35. The fourth-order valence-corrected chi connectivity index (χ4v) is 2.20. The fourth-order valence-electron chi connectivity index (χ4n) is 2.20. The molecular weight excluding hydrogens is 177 g/mol. The van der Waals surface area contributed by atoms with Crippen molar-refractivity contribution >= 4 is 0 Å². The first kappa shape index (κ1) is 9.66. The van der Waals surface area contributed by atoms with Crippen LogP contribution in [0, 0.1) is 12.7 Å². The molecule has 1 saturated heterocycles. The van der Waals surface area contributed by atoms with Crippen LogP contribution in [0.25, 0.3) is 0 Å². The summed E-state index contributed by atoms with van der Waals surface area (Å²) in [6.07, 6.45) is 2.15. The highest BCUT2D eigenvalue weighted by Crippen LogP contribution is 2.32. The summed E-state index contributed by atoms with van der Waals surface area (Å²) in [4.78, 5) is 0. The van der Waals surface area contributed by atoms with Crippen molar-refractivity contribution in [3.8, 4) is 0 Å². The molecule has 1 heterocycles. The molecule has 2 rings (SSSR count). The number of nitrogens with one attached hydrogen (secondary N) is 1. The summed E-state index contributed by atoms with van der Waals surface area (Å²) in [6, 6.07) is 5.64. The van der Waals surface area contributed by atoms with Crippen LogP contribution in [0.3, 0.4) is 0 Å². The zero-order valence-corrected chi connectivity index (χ0v) is 8.73. The number of benzene rings is 1. The first-order valence-corrected chi connectivity index (χ1v) is 5.14. The standard InChI is InChI=1S/C12H16FN/c1-9-5-3-6-10(11(9)13)12(2)7-4-8-14-12/h3,5-6,14H,4,7-8H2,1-2H3. The van der Waals surface area contributed by atoms with Crippen LogP contribution in [0.5, 0.6) is 0 Å². The summed E-state index contributed by atoms with van der Waals surface area (Å²) in [5.41, 5.74) is 1.39. The van der Waals surface area contributed by atoms with E-state index in [1.54, 1.807) is 0 Å². The molecule has 1 aromatic rings. The lowest BCUT2D eigenvalue weighted by Gasteiger charge is -2.26. The Labute approximate surface area is 84.3 Å². The summed E-state index contributed by atoms with van der Waals surface area (Å²) in [7, 11) is 0. The van der Waals surface area contributed by atoms with Gasteiger partial charge in [-0.25, -0.2) is 4.39 Å². The van der Waals surface area contributed by atoms with Crippen LogP contribution in [0.15, 0.2) is 18.2 Å². The van der Waals surface area contributed by atoms with Gasteiger partial charge in [0, 0.05) is 11.1 Å². The predicted octanol–water partition coefficient (Wildman–Crippen LogP) is 2.73. The summed E-state index contributed by atoms with van der Waals surface area (Å²) in [5, 5.41) is 3.38. The number of aryl methyl sites for hydroxylation is 1. The van der Waals surface area contributed by atoms with E-state index in [1.165, 1.54) is 0 Å². The van der Waals surface area contributed by atoms with Crippen LogP contribution in [0.2, 0.25) is 0 Å². The first-order chi connectivity index (χ1) is 6.63. The lowest BCUT2D eigenvalue weighted by molar-refractivity contribution is 0.409. The van der Waals surface area contributed by atoms with Gasteiger partial charge < -0.3 is 5.32 Å². The topological polar surface area (TPSA) is 12.0 Å². The molecule has 0 bridgehead atoms. The van der Waals surface area contributed by atoms with E-state index in [2.05, 4.69) is 12.2 Å². The van der Waals surface area contributed by atoms with E-state index in [0.29, 0.717) is 0 Å². The Balaban J connectivity index is 2.45. The minimum atomic E-state index is -0.157. The minimum Gasteiger partial charge on any atom is -0.308 e. The van der Waals surface area contributed by atoms with Gasteiger partial charge in [0.2, 0.25) is 0 Å². The second-order valence-electron chi connectivity index (χ2n) is 4.30. The molecule has 76 valence electrons. The molecule has 1 N–H and O–H groups in total. The molecule has 1 aliphatic heterocycles. The van der Waals surface area contributed by atoms with E-state index in [9.17, 15) is 4.39 Å². The molecule has 1 nitrogen and oxygen atoms in total. The van der Waals surface area contributed by atoms with Crippen LogP contribution in [-0.2, 0) is 5.54 Å². The first-order valence-electron chi connectivity index (χ1n) is 5.14. The van der Waals surface area contributed by atoms with Crippen LogP contribution in [0.1, 0.15) is 30.9 Å². The highest BCUT2D eigenvalue weighted by atomic mass is 19.1. The normalized spacial score (nSPS) is 26.8. The molecule has 1 aromatic carbocycles. The van der Waals surface area contributed by atoms with Gasteiger partial charge in [0.25, 0.3) is 0 Å². The van der Waals surface area contributed by atoms with Crippen molar-refractivity contribution in [2.45, 2.75) is 32.2 Å². The number of hydrogen-bond donors (Lipinski definition) is 1. The predicted molar refractivity (Wildman–Crippen MR) is 55.7 cm³/mol. The van der Waals surface area contributed by atoms with Gasteiger partial charge in [0.05, 0.1) is 0 Å². The molecule has 1 fully saturated rings. The van der Waals surface area contributed by atoms with E-state index >= 15 is 0 Å². The van der Waals surface area contributed by atoms with Crippen molar-refractivity contribution in [3.05, 3.63) is 35.1 Å². The molecule has 14 heavy (non-hydrogen) atoms. The molecule has 2 heteroatoms. The maximum atomic E-state index is 13.9. The molecule has 1 atom stereocenters. The number of rotatable bonds is 1. The van der Waals surface area contributed by atoms with Gasteiger partial charge in [-0.1, -0.05) is 18.2 Å². The maximum absolute atomic E-state index is 13.9. The van der Waals surface area contributed by atoms with Gasteiger partial charge in [-0.05, 0) is 38.8 Å². The van der Waals surface area contributed by atoms with E-state index < -0.39 is 0 Å². The van der Waals surface area contributed by atoms with Gasteiger partial charge >= 0.3 is 0 Å². The molecule has 1 unspecified atom stereocenters. The number of hydrogen-bond acceptors (Lipinski definition) is 1. The third-order valence-corrected chi connectivity index (χ3v) is 3.15. The Morgan fingerprint density at radius 3 is 2.86 bits per heavy atom. The molecule has 0 spiro atoms. The summed E-state index contributed by atoms with van der Waals surface area (Å²) >= 11 is 0. The SMILES string of the molecule is Cc1cccc(C2(C)CCCN2)c1F. The average Bonchev–Trinajstić information content (AvgIpc) is 2.58.